The van der Waals surface area contributed by atoms with E-state index in [4.69, 9.17) is 0 Å². The summed E-state index contributed by atoms with van der Waals surface area (Å²) in [6.45, 7) is 8.20. The van der Waals surface area contributed by atoms with Gasteiger partial charge in [-0.25, -0.2) is 0 Å². The highest BCUT2D eigenvalue weighted by molar-refractivity contribution is 5.46. The van der Waals surface area contributed by atoms with Crippen molar-refractivity contribution >= 4 is 0 Å². The van der Waals surface area contributed by atoms with E-state index in [-0.39, 0.29) is 11.5 Å². The minimum Gasteiger partial charge on any atom is -0.392 e. The van der Waals surface area contributed by atoms with Crippen molar-refractivity contribution < 1.29 is 5.11 Å². The first-order valence-electron chi connectivity index (χ1n) is 6.05. The molecule has 1 aromatic rings. The van der Waals surface area contributed by atoms with Gasteiger partial charge in [0.15, 0.2) is 0 Å². The second-order valence-electron chi connectivity index (χ2n) is 4.83. The molecule has 2 atom stereocenters. The lowest BCUT2D eigenvalue weighted by Gasteiger charge is -2.36. The van der Waals surface area contributed by atoms with E-state index in [0.29, 0.717) is 0 Å². The highest BCUT2D eigenvalue weighted by atomic mass is 16.3. The molecule has 1 aliphatic rings. The van der Waals surface area contributed by atoms with Crippen molar-refractivity contribution in [3.8, 4) is 0 Å². The van der Waals surface area contributed by atoms with Gasteiger partial charge in [0.2, 0.25) is 0 Å². The fourth-order valence-electron chi connectivity index (χ4n) is 3.06. The molecule has 1 aromatic carbocycles. The molecule has 0 aromatic heterocycles. The number of fused-ring (bicyclic) bond motifs is 1. The topological polar surface area (TPSA) is 20.2 Å². The average molecular weight is 216 g/mol. The summed E-state index contributed by atoms with van der Waals surface area (Å²) in [5.41, 5.74) is 3.55. The Bertz CT molecular complexity index is 408. The second kappa shape index (κ2) is 4.06. The summed E-state index contributed by atoms with van der Waals surface area (Å²) in [6.07, 6.45) is 2.52. The fraction of sp³-hybridized carbons (Fsp3) is 0.467. The zero-order valence-corrected chi connectivity index (χ0v) is 10.2. The standard InChI is InChI=1S/C15H20O/c1-4-14(16)15(11(2)3)10-9-12-7-5-6-8-13(12)15/h5-8,14,16H,2,4,9-10H2,1,3H3. The largest absolute Gasteiger partial charge is 0.392 e. The minimum atomic E-state index is -0.311. The van der Waals surface area contributed by atoms with Gasteiger partial charge in [-0.3, -0.25) is 0 Å². The maximum absolute atomic E-state index is 10.4. The molecule has 0 saturated carbocycles. The molecule has 86 valence electrons. The zero-order valence-electron chi connectivity index (χ0n) is 10.2. The number of aliphatic hydroxyl groups excluding tert-OH is 1. The van der Waals surface area contributed by atoms with E-state index in [1.165, 1.54) is 11.1 Å². The van der Waals surface area contributed by atoms with Crippen LogP contribution < -0.4 is 0 Å². The Kier molecular flexibility index (Phi) is 2.90. The third-order valence-electron chi connectivity index (χ3n) is 4.00. The molecule has 0 heterocycles. The van der Waals surface area contributed by atoms with Gasteiger partial charge in [-0.2, -0.15) is 0 Å². The van der Waals surface area contributed by atoms with E-state index >= 15 is 0 Å². The summed E-state index contributed by atoms with van der Waals surface area (Å²) in [5.74, 6) is 0. The summed E-state index contributed by atoms with van der Waals surface area (Å²) < 4.78 is 0. The Morgan fingerprint density at radius 2 is 2.19 bits per heavy atom. The lowest BCUT2D eigenvalue weighted by atomic mass is 9.71. The normalized spacial score (nSPS) is 25.2. The van der Waals surface area contributed by atoms with Crippen LogP contribution in [0.2, 0.25) is 0 Å². The number of aryl methyl sites for hydroxylation is 1. The van der Waals surface area contributed by atoms with Crippen LogP contribution in [0.4, 0.5) is 0 Å². The summed E-state index contributed by atoms with van der Waals surface area (Å²) in [7, 11) is 0. The zero-order chi connectivity index (χ0) is 11.8. The lowest BCUT2D eigenvalue weighted by molar-refractivity contribution is 0.0963. The van der Waals surface area contributed by atoms with E-state index in [2.05, 4.69) is 30.8 Å². The quantitative estimate of drug-likeness (QED) is 0.769. The van der Waals surface area contributed by atoms with Gasteiger partial charge in [-0.1, -0.05) is 43.3 Å². The van der Waals surface area contributed by atoms with Crippen molar-refractivity contribution in [3.63, 3.8) is 0 Å². The Hall–Kier alpha value is -1.08. The first kappa shape index (κ1) is 11.4. The SMILES string of the molecule is C=C(C)C1(C(O)CC)CCc2ccccc21. The predicted octanol–water partition coefficient (Wildman–Crippen LogP) is 3.22. The van der Waals surface area contributed by atoms with E-state index in [0.717, 1.165) is 24.8 Å². The van der Waals surface area contributed by atoms with Crippen molar-refractivity contribution in [2.45, 2.75) is 44.6 Å². The minimum absolute atomic E-state index is 0.203. The molecule has 2 rings (SSSR count). The maximum Gasteiger partial charge on any atom is 0.0671 e. The third kappa shape index (κ3) is 1.42. The van der Waals surface area contributed by atoms with Crippen LogP contribution in [0.3, 0.4) is 0 Å². The third-order valence-corrected chi connectivity index (χ3v) is 4.00. The van der Waals surface area contributed by atoms with Crippen molar-refractivity contribution in [3.05, 3.63) is 47.5 Å². The van der Waals surface area contributed by atoms with Gasteiger partial charge in [0, 0.05) is 5.41 Å². The van der Waals surface area contributed by atoms with E-state index in [1.54, 1.807) is 0 Å². The van der Waals surface area contributed by atoms with Gasteiger partial charge in [0.05, 0.1) is 6.10 Å². The Morgan fingerprint density at radius 1 is 1.50 bits per heavy atom. The molecule has 0 bridgehead atoms. The van der Waals surface area contributed by atoms with Crippen molar-refractivity contribution in [2.75, 3.05) is 0 Å². The molecule has 16 heavy (non-hydrogen) atoms. The summed E-state index contributed by atoms with van der Waals surface area (Å²) >= 11 is 0. The summed E-state index contributed by atoms with van der Waals surface area (Å²) in [4.78, 5) is 0. The molecule has 0 spiro atoms. The van der Waals surface area contributed by atoms with Crippen molar-refractivity contribution in [1.82, 2.24) is 0 Å². The molecule has 1 heteroatoms. The van der Waals surface area contributed by atoms with Crippen LogP contribution in [0.5, 0.6) is 0 Å². The number of benzene rings is 1. The van der Waals surface area contributed by atoms with E-state index < -0.39 is 0 Å². The Morgan fingerprint density at radius 3 is 2.81 bits per heavy atom. The fourth-order valence-corrected chi connectivity index (χ4v) is 3.06. The molecule has 0 radical (unpaired) electrons. The van der Waals surface area contributed by atoms with Gasteiger partial charge < -0.3 is 5.11 Å². The van der Waals surface area contributed by atoms with Gasteiger partial charge in [0.25, 0.3) is 0 Å². The Balaban J connectivity index is 2.56. The smallest absolute Gasteiger partial charge is 0.0671 e. The van der Waals surface area contributed by atoms with Crippen molar-refractivity contribution in [1.29, 1.82) is 0 Å². The second-order valence-corrected chi connectivity index (χ2v) is 4.83. The molecule has 0 saturated heterocycles. The number of hydrogen-bond donors (Lipinski definition) is 1. The maximum atomic E-state index is 10.4. The molecule has 1 nitrogen and oxygen atoms in total. The van der Waals surface area contributed by atoms with Gasteiger partial charge in [-0.05, 0) is 37.3 Å². The Labute approximate surface area is 97.8 Å². The predicted molar refractivity (Wildman–Crippen MR) is 67.6 cm³/mol. The highest BCUT2D eigenvalue weighted by Gasteiger charge is 2.44. The average Bonchev–Trinajstić information content (AvgIpc) is 2.68. The molecular formula is C15H20O. The van der Waals surface area contributed by atoms with Crippen LogP contribution in [-0.2, 0) is 11.8 Å². The van der Waals surface area contributed by atoms with Crippen molar-refractivity contribution in [2.24, 2.45) is 0 Å². The number of aliphatic hydroxyl groups is 1. The molecule has 2 unspecified atom stereocenters. The van der Waals surface area contributed by atoms with Gasteiger partial charge >= 0.3 is 0 Å². The van der Waals surface area contributed by atoms with Gasteiger partial charge in [-0.15, -0.1) is 0 Å². The molecule has 0 amide bonds. The van der Waals surface area contributed by atoms with Crippen LogP contribution in [-0.4, -0.2) is 11.2 Å². The number of hydrogen-bond acceptors (Lipinski definition) is 1. The first-order chi connectivity index (χ1) is 7.63. The highest BCUT2D eigenvalue weighted by Crippen LogP contribution is 2.46. The molecular weight excluding hydrogens is 196 g/mol. The summed E-state index contributed by atoms with van der Waals surface area (Å²) in [6, 6.07) is 8.45. The monoisotopic (exact) mass is 216 g/mol. The van der Waals surface area contributed by atoms with Crippen LogP contribution in [0, 0.1) is 0 Å². The molecule has 1 aliphatic carbocycles. The van der Waals surface area contributed by atoms with E-state index in [1.807, 2.05) is 13.8 Å². The van der Waals surface area contributed by atoms with Crippen LogP contribution in [0.25, 0.3) is 0 Å². The van der Waals surface area contributed by atoms with E-state index in [9.17, 15) is 5.11 Å². The van der Waals surface area contributed by atoms with Crippen LogP contribution in [0.15, 0.2) is 36.4 Å². The molecule has 1 N–H and O–H groups in total. The van der Waals surface area contributed by atoms with Gasteiger partial charge in [0.1, 0.15) is 0 Å². The molecule has 0 aliphatic heterocycles. The molecule has 0 fully saturated rings. The first-order valence-corrected chi connectivity index (χ1v) is 6.05. The lowest BCUT2D eigenvalue weighted by Crippen LogP contribution is -2.38. The van der Waals surface area contributed by atoms with Crippen LogP contribution >= 0.6 is 0 Å². The number of rotatable bonds is 3. The van der Waals surface area contributed by atoms with Crippen LogP contribution in [0.1, 0.15) is 37.8 Å². The summed E-state index contributed by atoms with van der Waals surface area (Å²) in [5, 5.41) is 10.4.